The molecule has 0 bridgehead atoms. The molecule has 0 saturated heterocycles. The number of rotatable bonds is 2. The van der Waals surface area contributed by atoms with Gasteiger partial charge in [-0.05, 0) is 24.3 Å². The lowest BCUT2D eigenvalue weighted by atomic mass is 9.97. The van der Waals surface area contributed by atoms with Gasteiger partial charge in [-0.15, -0.1) is 0 Å². The first-order valence-electron chi connectivity index (χ1n) is 6.04. The van der Waals surface area contributed by atoms with Crippen LogP contribution >= 0.6 is 0 Å². The van der Waals surface area contributed by atoms with Crippen LogP contribution in [0.25, 0.3) is 0 Å². The summed E-state index contributed by atoms with van der Waals surface area (Å²) in [7, 11) is 0. The van der Waals surface area contributed by atoms with Gasteiger partial charge in [-0.25, -0.2) is 8.78 Å². The zero-order valence-electron chi connectivity index (χ0n) is 10.6. The van der Waals surface area contributed by atoms with Crippen LogP contribution in [-0.4, -0.2) is 16.6 Å². The number of ketones is 2. The largest absolute Gasteiger partial charge is 0.350 e. The maximum Gasteiger partial charge on any atom is 0.211 e. The molecule has 1 aliphatic carbocycles. The lowest BCUT2D eigenvalue weighted by Gasteiger charge is -2.16. The number of anilines is 1. The molecule has 6 heteroatoms. The standard InChI is InChI=1S/C15H8F2N2O2/c16-8-3-4-11(10(17)6-8)19-12-7-13(20)14-9(15(12)21)2-1-5-18-14/h1-7,19H. The van der Waals surface area contributed by atoms with Gasteiger partial charge < -0.3 is 5.32 Å². The summed E-state index contributed by atoms with van der Waals surface area (Å²) < 4.78 is 26.4. The summed E-state index contributed by atoms with van der Waals surface area (Å²) in [6.07, 6.45) is 2.47. The van der Waals surface area contributed by atoms with Crippen molar-refractivity contribution in [2.45, 2.75) is 0 Å². The molecule has 21 heavy (non-hydrogen) atoms. The quantitative estimate of drug-likeness (QED) is 0.922. The molecule has 0 spiro atoms. The van der Waals surface area contributed by atoms with E-state index in [0.717, 1.165) is 18.2 Å². The van der Waals surface area contributed by atoms with Crippen molar-refractivity contribution in [1.29, 1.82) is 0 Å². The molecule has 4 nitrogen and oxygen atoms in total. The molecule has 0 atom stereocenters. The Bertz CT molecular complexity index is 800. The van der Waals surface area contributed by atoms with Crippen LogP contribution in [0.3, 0.4) is 0 Å². The van der Waals surface area contributed by atoms with Gasteiger partial charge in [-0.3, -0.25) is 14.6 Å². The number of nitrogens with zero attached hydrogens (tertiary/aromatic N) is 1. The predicted molar refractivity (Wildman–Crippen MR) is 71.0 cm³/mol. The Morgan fingerprint density at radius 1 is 1.10 bits per heavy atom. The third-order valence-electron chi connectivity index (χ3n) is 3.01. The number of carbonyl (C=O) groups excluding carboxylic acids is 2. The minimum Gasteiger partial charge on any atom is -0.350 e. The van der Waals surface area contributed by atoms with Gasteiger partial charge in [-0.1, -0.05) is 0 Å². The van der Waals surface area contributed by atoms with Crippen molar-refractivity contribution in [3.63, 3.8) is 0 Å². The molecule has 1 aromatic heterocycles. The summed E-state index contributed by atoms with van der Waals surface area (Å²) in [6.45, 7) is 0. The van der Waals surface area contributed by atoms with Gasteiger partial charge in [0.15, 0.2) is 0 Å². The molecule has 0 unspecified atom stereocenters. The van der Waals surface area contributed by atoms with Gasteiger partial charge in [0.25, 0.3) is 0 Å². The molecular weight excluding hydrogens is 278 g/mol. The van der Waals surface area contributed by atoms with Crippen LogP contribution < -0.4 is 5.32 Å². The number of pyridine rings is 1. The van der Waals surface area contributed by atoms with Gasteiger partial charge in [0.1, 0.15) is 17.3 Å². The highest BCUT2D eigenvalue weighted by Crippen LogP contribution is 2.23. The van der Waals surface area contributed by atoms with Crippen molar-refractivity contribution >= 4 is 17.3 Å². The molecule has 0 aliphatic heterocycles. The van der Waals surface area contributed by atoms with Crippen LogP contribution in [0.15, 0.2) is 48.3 Å². The topological polar surface area (TPSA) is 59.1 Å². The number of aromatic nitrogens is 1. The van der Waals surface area contributed by atoms with Crippen molar-refractivity contribution in [2.75, 3.05) is 5.32 Å². The van der Waals surface area contributed by atoms with E-state index in [0.29, 0.717) is 6.07 Å². The molecule has 104 valence electrons. The molecule has 1 aliphatic rings. The summed E-state index contributed by atoms with van der Waals surface area (Å²) in [5, 5.41) is 2.52. The summed E-state index contributed by atoms with van der Waals surface area (Å²) in [5.74, 6) is -2.50. The van der Waals surface area contributed by atoms with Gasteiger partial charge in [0, 0.05) is 18.3 Å². The fourth-order valence-corrected chi connectivity index (χ4v) is 2.02. The number of carbonyl (C=O) groups is 2. The van der Waals surface area contributed by atoms with Crippen LogP contribution in [0, 0.1) is 11.6 Å². The summed E-state index contributed by atoms with van der Waals surface area (Å²) >= 11 is 0. The highest BCUT2D eigenvalue weighted by Gasteiger charge is 2.26. The first-order chi connectivity index (χ1) is 10.1. The highest BCUT2D eigenvalue weighted by atomic mass is 19.1. The number of fused-ring (bicyclic) bond motifs is 1. The number of hydrogen-bond acceptors (Lipinski definition) is 4. The second-order valence-electron chi connectivity index (χ2n) is 4.40. The third kappa shape index (κ3) is 2.31. The Balaban J connectivity index is 1.97. The third-order valence-corrected chi connectivity index (χ3v) is 3.01. The van der Waals surface area contributed by atoms with E-state index in [-0.39, 0.29) is 22.6 Å². The van der Waals surface area contributed by atoms with Gasteiger partial charge in [-0.2, -0.15) is 0 Å². The first-order valence-corrected chi connectivity index (χ1v) is 6.04. The zero-order valence-corrected chi connectivity index (χ0v) is 10.6. The zero-order chi connectivity index (χ0) is 15.0. The van der Waals surface area contributed by atoms with E-state index in [2.05, 4.69) is 10.3 Å². The molecule has 3 rings (SSSR count). The number of halogens is 2. The van der Waals surface area contributed by atoms with Crippen LogP contribution in [0.1, 0.15) is 20.8 Å². The monoisotopic (exact) mass is 286 g/mol. The van der Waals surface area contributed by atoms with Gasteiger partial charge >= 0.3 is 0 Å². The Morgan fingerprint density at radius 2 is 1.90 bits per heavy atom. The summed E-state index contributed by atoms with van der Waals surface area (Å²) in [5.41, 5.74) is 0.0461. The second kappa shape index (κ2) is 4.90. The maximum atomic E-state index is 13.6. The van der Waals surface area contributed by atoms with Crippen molar-refractivity contribution in [2.24, 2.45) is 0 Å². The lowest BCUT2D eigenvalue weighted by Crippen LogP contribution is -2.22. The summed E-state index contributed by atoms with van der Waals surface area (Å²) in [4.78, 5) is 28.0. The van der Waals surface area contributed by atoms with Crippen molar-refractivity contribution in [1.82, 2.24) is 4.98 Å². The van der Waals surface area contributed by atoms with E-state index in [4.69, 9.17) is 0 Å². The smallest absolute Gasteiger partial charge is 0.211 e. The van der Waals surface area contributed by atoms with Gasteiger partial charge in [0.05, 0.1) is 16.9 Å². The van der Waals surface area contributed by atoms with E-state index in [1.807, 2.05) is 0 Å². The van der Waals surface area contributed by atoms with E-state index in [9.17, 15) is 18.4 Å². The van der Waals surface area contributed by atoms with Crippen molar-refractivity contribution < 1.29 is 18.4 Å². The fraction of sp³-hybridized carbons (Fsp3) is 0. The molecule has 2 aromatic rings. The van der Waals surface area contributed by atoms with E-state index < -0.39 is 23.2 Å². The molecule has 1 heterocycles. The maximum absolute atomic E-state index is 13.6. The summed E-state index contributed by atoms with van der Waals surface area (Å²) in [6, 6.07) is 5.90. The number of nitrogens with one attached hydrogen (secondary N) is 1. The van der Waals surface area contributed by atoms with E-state index in [1.165, 1.54) is 18.3 Å². The Kier molecular flexibility index (Phi) is 3.06. The highest BCUT2D eigenvalue weighted by molar-refractivity contribution is 6.24. The molecule has 0 amide bonds. The van der Waals surface area contributed by atoms with Crippen LogP contribution in [0.2, 0.25) is 0 Å². The number of Topliss-reactive ketones (excluding diaryl/α,β-unsaturated/α-hetero) is 1. The van der Waals surface area contributed by atoms with Gasteiger partial charge in [0.2, 0.25) is 11.6 Å². The SMILES string of the molecule is O=C1C(Nc2ccc(F)cc2F)=CC(=O)c2ncccc21. The normalized spacial score (nSPS) is 13.7. The van der Waals surface area contributed by atoms with Crippen molar-refractivity contribution in [3.8, 4) is 0 Å². The minimum atomic E-state index is -0.854. The fourth-order valence-electron chi connectivity index (χ4n) is 2.02. The molecule has 0 radical (unpaired) electrons. The first kappa shape index (κ1) is 13.1. The Labute approximate surface area is 118 Å². The Hall–Kier alpha value is -2.89. The van der Waals surface area contributed by atoms with E-state index >= 15 is 0 Å². The number of hydrogen-bond donors (Lipinski definition) is 1. The van der Waals surface area contributed by atoms with Crippen molar-refractivity contribution in [3.05, 3.63) is 71.2 Å². The average molecular weight is 286 g/mol. The number of allylic oxidation sites excluding steroid dienone is 2. The number of benzene rings is 1. The Morgan fingerprint density at radius 3 is 2.67 bits per heavy atom. The van der Waals surface area contributed by atoms with E-state index in [1.54, 1.807) is 0 Å². The molecule has 1 N–H and O–H groups in total. The van der Waals surface area contributed by atoms with Crippen LogP contribution in [0.4, 0.5) is 14.5 Å². The van der Waals surface area contributed by atoms with Crippen LogP contribution in [-0.2, 0) is 0 Å². The molecule has 1 aromatic carbocycles. The minimum absolute atomic E-state index is 0.0626. The second-order valence-corrected chi connectivity index (χ2v) is 4.40. The lowest BCUT2D eigenvalue weighted by molar-refractivity contribution is 0.0982. The molecule has 0 fully saturated rings. The van der Waals surface area contributed by atoms with Crippen LogP contribution in [0.5, 0.6) is 0 Å². The predicted octanol–water partition coefficient (Wildman–Crippen LogP) is 2.73. The molecule has 0 saturated carbocycles. The molecular formula is C15H8F2N2O2. The average Bonchev–Trinajstić information content (AvgIpc) is 2.47.